The van der Waals surface area contributed by atoms with Gasteiger partial charge >= 0.3 is 0 Å². The molecule has 4 rings (SSSR count). The number of benzene rings is 1. The van der Waals surface area contributed by atoms with Crippen LogP contribution in [0.5, 0.6) is 0 Å². The first-order valence-electron chi connectivity index (χ1n) is 10.8. The third-order valence-corrected chi connectivity index (χ3v) is 6.32. The van der Waals surface area contributed by atoms with Crippen molar-refractivity contribution in [3.05, 3.63) is 53.6 Å². The van der Waals surface area contributed by atoms with Crippen molar-refractivity contribution in [2.24, 2.45) is 5.92 Å². The summed E-state index contributed by atoms with van der Waals surface area (Å²) in [4.78, 5) is 23.8. The Balaban J connectivity index is 1.44. The molecule has 2 fully saturated rings. The summed E-state index contributed by atoms with van der Waals surface area (Å²) in [5.74, 6) is 0.817. The minimum absolute atomic E-state index is 0.239. The second-order valence-corrected chi connectivity index (χ2v) is 8.52. The maximum absolute atomic E-state index is 14.5. The Morgan fingerprint density at radius 2 is 2.00 bits per heavy atom. The topological polar surface area (TPSA) is 67.4 Å². The van der Waals surface area contributed by atoms with E-state index in [9.17, 15) is 9.18 Å². The molecular formula is C23H29FN4O2. The standard InChI is InChI=1S/C23H29FN4O2/c1-17-5-4-10-28(15-17)22-25-13-18(14-26-22)21(29)27-16-23(8-11-30-12-9-23)19-6-2-3-7-20(19)24/h2-3,6-7,13-14,17H,4-5,8-12,15-16H2,1H3,(H,27,29). The molecule has 0 aliphatic carbocycles. The minimum Gasteiger partial charge on any atom is -0.381 e. The SMILES string of the molecule is CC1CCCN(c2ncc(C(=O)NCC3(c4ccccc4F)CCOCC3)cn2)C1. The molecule has 1 aromatic heterocycles. The van der Waals surface area contributed by atoms with Crippen molar-refractivity contribution in [3.8, 4) is 0 Å². The smallest absolute Gasteiger partial charge is 0.254 e. The lowest BCUT2D eigenvalue weighted by Crippen LogP contribution is -2.45. The molecule has 1 atom stereocenters. The van der Waals surface area contributed by atoms with Gasteiger partial charge in [0, 0.05) is 50.7 Å². The molecule has 1 unspecified atom stereocenters. The predicted molar refractivity (Wildman–Crippen MR) is 113 cm³/mol. The Bertz CT molecular complexity index is 868. The predicted octanol–water partition coefficient (Wildman–Crippen LogP) is 3.33. The van der Waals surface area contributed by atoms with E-state index in [1.807, 2.05) is 12.1 Å². The number of halogens is 1. The Hall–Kier alpha value is -2.54. The lowest BCUT2D eigenvalue weighted by molar-refractivity contribution is 0.0475. The normalized spacial score (nSPS) is 21.3. The van der Waals surface area contributed by atoms with Crippen molar-refractivity contribution in [3.63, 3.8) is 0 Å². The van der Waals surface area contributed by atoms with Crippen molar-refractivity contribution < 1.29 is 13.9 Å². The van der Waals surface area contributed by atoms with Crippen LogP contribution in [0.25, 0.3) is 0 Å². The fourth-order valence-electron chi connectivity index (χ4n) is 4.52. The van der Waals surface area contributed by atoms with Crippen molar-refractivity contribution in [1.82, 2.24) is 15.3 Å². The Labute approximate surface area is 176 Å². The molecule has 0 spiro atoms. The number of carbonyl (C=O) groups excluding carboxylic acids is 1. The van der Waals surface area contributed by atoms with E-state index in [4.69, 9.17) is 4.74 Å². The summed E-state index contributed by atoms with van der Waals surface area (Å²) >= 11 is 0. The molecule has 160 valence electrons. The van der Waals surface area contributed by atoms with Gasteiger partial charge in [0.2, 0.25) is 5.95 Å². The highest BCUT2D eigenvalue weighted by Gasteiger charge is 2.37. The molecule has 1 amide bonds. The van der Waals surface area contributed by atoms with Crippen LogP contribution >= 0.6 is 0 Å². The van der Waals surface area contributed by atoms with Crippen LogP contribution in [0.4, 0.5) is 10.3 Å². The molecule has 2 aliphatic heterocycles. The van der Waals surface area contributed by atoms with E-state index < -0.39 is 5.41 Å². The molecule has 2 saturated heterocycles. The minimum atomic E-state index is -0.468. The molecule has 30 heavy (non-hydrogen) atoms. The van der Waals surface area contributed by atoms with E-state index in [2.05, 4.69) is 27.1 Å². The van der Waals surface area contributed by atoms with Crippen molar-refractivity contribution in [1.29, 1.82) is 0 Å². The van der Waals surface area contributed by atoms with Crippen LogP contribution < -0.4 is 10.2 Å². The van der Waals surface area contributed by atoms with E-state index in [0.29, 0.717) is 55.6 Å². The van der Waals surface area contributed by atoms with E-state index >= 15 is 0 Å². The van der Waals surface area contributed by atoms with Gasteiger partial charge in [-0.05, 0) is 43.2 Å². The lowest BCUT2D eigenvalue weighted by atomic mass is 9.74. The van der Waals surface area contributed by atoms with Crippen molar-refractivity contribution in [2.75, 3.05) is 37.7 Å². The van der Waals surface area contributed by atoms with E-state index in [1.54, 1.807) is 18.5 Å². The highest BCUT2D eigenvalue weighted by Crippen LogP contribution is 2.35. The second-order valence-electron chi connectivity index (χ2n) is 8.52. The Morgan fingerprint density at radius 1 is 1.27 bits per heavy atom. The van der Waals surface area contributed by atoms with Crippen LogP contribution in [-0.4, -0.2) is 48.7 Å². The summed E-state index contributed by atoms with van der Waals surface area (Å²) in [7, 11) is 0. The summed E-state index contributed by atoms with van der Waals surface area (Å²) in [6, 6.07) is 6.81. The van der Waals surface area contributed by atoms with Gasteiger partial charge in [-0.25, -0.2) is 14.4 Å². The zero-order valence-corrected chi connectivity index (χ0v) is 17.4. The van der Waals surface area contributed by atoms with Gasteiger partial charge in [-0.15, -0.1) is 0 Å². The highest BCUT2D eigenvalue weighted by atomic mass is 19.1. The molecule has 1 N–H and O–H groups in total. The number of aromatic nitrogens is 2. The molecule has 2 aliphatic rings. The summed E-state index contributed by atoms with van der Waals surface area (Å²) in [5, 5.41) is 2.99. The average molecular weight is 413 g/mol. The third-order valence-electron chi connectivity index (χ3n) is 6.32. The van der Waals surface area contributed by atoms with Crippen LogP contribution in [0, 0.1) is 11.7 Å². The van der Waals surface area contributed by atoms with Gasteiger partial charge in [0.1, 0.15) is 5.82 Å². The van der Waals surface area contributed by atoms with E-state index in [-0.39, 0.29) is 11.7 Å². The molecular weight excluding hydrogens is 383 g/mol. The number of anilines is 1. The number of carbonyl (C=O) groups is 1. The number of ether oxygens (including phenoxy) is 1. The van der Waals surface area contributed by atoms with Crippen LogP contribution in [0.3, 0.4) is 0 Å². The molecule has 2 aromatic rings. The number of hydrogen-bond acceptors (Lipinski definition) is 5. The fourth-order valence-corrected chi connectivity index (χ4v) is 4.52. The number of rotatable bonds is 5. The van der Waals surface area contributed by atoms with Crippen molar-refractivity contribution in [2.45, 2.75) is 38.0 Å². The van der Waals surface area contributed by atoms with Gasteiger partial charge in [0.25, 0.3) is 5.91 Å². The molecule has 0 saturated carbocycles. The van der Waals surface area contributed by atoms with Crippen LogP contribution in [0.15, 0.2) is 36.7 Å². The van der Waals surface area contributed by atoms with E-state index in [0.717, 1.165) is 19.5 Å². The Kier molecular flexibility index (Phi) is 6.27. The maximum atomic E-state index is 14.5. The first kappa shape index (κ1) is 20.7. The lowest BCUT2D eigenvalue weighted by Gasteiger charge is -2.38. The summed E-state index contributed by atoms with van der Waals surface area (Å²) < 4.78 is 20.0. The van der Waals surface area contributed by atoms with Gasteiger partial charge in [-0.2, -0.15) is 0 Å². The number of amides is 1. The van der Waals surface area contributed by atoms with Crippen LogP contribution in [0.1, 0.15) is 48.5 Å². The fraction of sp³-hybridized carbons (Fsp3) is 0.522. The van der Waals surface area contributed by atoms with Gasteiger partial charge < -0.3 is 15.0 Å². The summed E-state index contributed by atoms with van der Waals surface area (Å²) in [6.45, 7) is 5.58. The molecule has 6 nitrogen and oxygen atoms in total. The van der Waals surface area contributed by atoms with Gasteiger partial charge in [0.15, 0.2) is 0 Å². The van der Waals surface area contributed by atoms with E-state index in [1.165, 1.54) is 12.5 Å². The summed E-state index contributed by atoms with van der Waals surface area (Å²) in [6.07, 6.45) is 6.85. The monoisotopic (exact) mass is 412 g/mol. The largest absolute Gasteiger partial charge is 0.381 e. The third kappa shape index (κ3) is 4.46. The van der Waals surface area contributed by atoms with Gasteiger partial charge in [-0.1, -0.05) is 25.1 Å². The first-order chi connectivity index (χ1) is 14.6. The maximum Gasteiger partial charge on any atom is 0.254 e. The Morgan fingerprint density at radius 3 is 2.70 bits per heavy atom. The molecule has 0 radical (unpaired) electrons. The van der Waals surface area contributed by atoms with Gasteiger partial charge in [0.05, 0.1) is 5.56 Å². The number of nitrogens with zero attached hydrogens (tertiary/aromatic N) is 3. The van der Waals surface area contributed by atoms with Crippen LogP contribution in [-0.2, 0) is 10.2 Å². The highest BCUT2D eigenvalue weighted by molar-refractivity contribution is 5.93. The zero-order chi connectivity index (χ0) is 21.0. The molecule has 7 heteroatoms. The number of hydrogen-bond donors (Lipinski definition) is 1. The number of piperidine rings is 1. The van der Waals surface area contributed by atoms with Crippen LogP contribution in [0.2, 0.25) is 0 Å². The van der Waals surface area contributed by atoms with Crippen molar-refractivity contribution >= 4 is 11.9 Å². The van der Waals surface area contributed by atoms with Gasteiger partial charge in [-0.3, -0.25) is 4.79 Å². The summed E-state index contributed by atoms with van der Waals surface area (Å²) in [5.41, 5.74) is 0.586. The number of nitrogens with one attached hydrogen (secondary N) is 1. The molecule has 1 aromatic carbocycles. The first-order valence-corrected chi connectivity index (χ1v) is 10.8. The molecule has 0 bridgehead atoms. The second kappa shape index (κ2) is 9.08. The molecule has 3 heterocycles. The quantitative estimate of drug-likeness (QED) is 0.816. The zero-order valence-electron chi connectivity index (χ0n) is 17.4. The average Bonchev–Trinajstić information content (AvgIpc) is 2.78.